The molecule has 1 aromatic heterocycles. The fourth-order valence-electron chi connectivity index (χ4n) is 3.92. The Balaban J connectivity index is 1.36. The molecule has 1 saturated heterocycles. The SMILES string of the molecule is COc1cc(N2CC(C(=O)NCc3ccc(Oc4cccc(F)c4)nc3)CC2=O)cc(OC)c1OC. The lowest BCUT2D eigenvalue weighted by Gasteiger charge is -2.20. The summed E-state index contributed by atoms with van der Waals surface area (Å²) in [5.74, 6) is 0.578. The number of benzene rings is 2. The number of aromatic nitrogens is 1. The predicted octanol–water partition coefficient (Wildman–Crippen LogP) is 3.71. The smallest absolute Gasteiger partial charge is 0.227 e. The van der Waals surface area contributed by atoms with Crippen LogP contribution in [0.4, 0.5) is 10.1 Å². The van der Waals surface area contributed by atoms with Gasteiger partial charge in [0, 0.05) is 50.0 Å². The summed E-state index contributed by atoms with van der Waals surface area (Å²) in [7, 11) is 4.50. The number of amides is 2. The number of methoxy groups -OCH3 is 3. The first-order valence-corrected chi connectivity index (χ1v) is 11.2. The second-order valence-electron chi connectivity index (χ2n) is 8.07. The Hall–Kier alpha value is -4.34. The maximum atomic E-state index is 13.3. The third-order valence-electron chi connectivity index (χ3n) is 5.74. The van der Waals surface area contributed by atoms with Gasteiger partial charge in [0.2, 0.25) is 23.4 Å². The third-order valence-corrected chi connectivity index (χ3v) is 5.74. The second-order valence-corrected chi connectivity index (χ2v) is 8.07. The molecule has 10 heteroatoms. The summed E-state index contributed by atoms with van der Waals surface area (Å²) in [6, 6.07) is 12.5. The summed E-state index contributed by atoms with van der Waals surface area (Å²) in [5, 5.41) is 2.86. The number of anilines is 1. The van der Waals surface area contributed by atoms with Crippen molar-refractivity contribution in [1.82, 2.24) is 10.3 Å². The molecule has 0 spiro atoms. The summed E-state index contributed by atoms with van der Waals surface area (Å²) in [4.78, 5) is 31.2. The van der Waals surface area contributed by atoms with Crippen LogP contribution >= 0.6 is 0 Å². The van der Waals surface area contributed by atoms with E-state index in [4.69, 9.17) is 18.9 Å². The molecule has 1 N–H and O–H groups in total. The van der Waals surface area contributed by atoms with E-state index in [1.165, 1.54) is 38.4 Å². The number of nitrogens with zero attached hydrogens (tertiary/aromatic N) is 2. The van der Waals surface area contributed by atoms with Crippen LogP contribution in [0.5, 0.6) is 28.9 Å². The first kappa shape index (κ1) is 24.8. The Morgan fingerprint density at radius 1 is 1.08 bits per heavy atom. The van der Waals surface area contributed by atoms with Gasteiger partial charge in [0.15, 0.2) is 11.5 Å². The number of rotatable bonds is 9. The molecule has 1 aliphatic heterocycles. The lowest BCUT2D eigenvalue weighted by atomic mass is 10.1. The minimum absolute atomic E-state index is 0.0845. The normalized spacial score (nSPS) is 14.9. The van der Waals surface area contributed by atoms with Crippen molar-refractivity contribution in [3.8, 4) is 28.9 Å². The van der Waals surface area contributed by atoms with Crippen molar-refractivity contribution in [2.75, 3.05) is 32.8 Å². The van der Waals surface area contributed by atoms with Gasteiger partial charge in [0.25, 0.3) is 0 Å². The van der Waals surface area contributed by atoms with Crippen LogP contribution in [0, 0.1) is 11.7 Å². The highest BCUT2D eigenvalue weighted by molar-refractivity contribution is 6.00. The molecule has 1 fully saturated rings. The topological polar surface area (TPSA) is 99.2 Å². The molecule has 0 saturated carbocycles. The van der Waals surface area contributed by atoms with Gasteiger partial charge in [-0.25, -0.2) is 9.37 Å². The monoisotopic (exact) mass is 495 g/mol. The Labute approximate surface area is 207 Å². The van der Waals surface area contributed by atoms with Crippen molar-refractivity contribution in [3.05, 3.63) is 66.1 Å². The molecule has 2 aromatic carbocycles. The number of hydrogen-bond acceptors (Lipinski definition) is 7. The molecule has 4 rings (SSSR count). The minimum atomic E-state index is -0.514. The summed E-state index contributed by atoms with van der Waals surface area (Å²) in [5.41, 5.74) is 1.31. The fraction of sp³-hybridized carbons (Fsp3) is 0.269. The number of pyridine rings is 1. The van der Waals surface area contributed by atoms with Crippen molar-refractivity contribution in [2.45, 2.75) is 13.0 Å². The molecular weight excluding hydrogens is 469 g/mol. The third kappa shape index (κ3) is 5.48. The lowest BCUT2D eigenvalue weighted by molar-refractivity contribution is -0.126. The van der Waals surface area contributed by atoms with E-state index in [-0.39, 0.29) is 31.3 Å². The van der Waals surface area contributed by atoms with Gasteiger partial charge in [-0.2, -0.15) is 0 Å². The number of ether oxygens (including phenoxy) is 4. The highest BCUT2D eigenvalue weighted by atomic mass is 19.1. The van der Waals surface area contributed by atoms with E-state index in [2.05, 4.69) is 10.3 Å². The fourth-order valence-corrected chi connectivity index (χ4v) is 3.92. The standard InChI is InChI=1S/C26H26FN3O6/c1-33-21-11-19(12-22(34-2)25(21)35-3)30-15-17(9-24(30)31)26(32)29-14-16-7-8-23(28-13-16)36-20-6-4-5-18(27)10-20/h4-8,10-13,17H,9,14-15H2,1-3H3,(H,29,32). The molecule has 0 aliphatic carbocycles. The molecular formula is C26H26FN3O6. The quantitative estimate of drug-likeness (QED) is 0.483. The molecule has 9 nitrogen and oxygen atoms in total. The number of carbonyl (C=O) groups is 2. The van der Waals surface area contributed by atoms with Crippen molar-refractivity contribution in [3.63, 3.8) is 0 Å². The zero-order valence-electron chi connectivity index (χ0n) is 20.1. The van der Waals surface area contributed by atoms with E-state index in [0.29, 0.717) is 34.6 Å². The van der Waals surface area contributed by atoms with Gasteiger partial charge in [-0.15, -0.1) is 0 Å². The zero-order valence-corrected chi connectivity index (χ0v) is 20.1. The van der Waals surface area contributed by atoms with Gasteiger partial charge in [0.1, 0.15) is 11.6 Å². The average molecular weight is 496 g/mol. The van der Waals surface area contributed by atoms with Gasteiger partial charge >= 0.3 is 0 Å². The van der Waals surface area contributed by atoms with Crippen LogP contribution in [0.1, 0.15) is 12.0 Å². The summed E-state index contributed by atoms with van der Waals surface area (Å²) >= 11 is 0. The Bertz CT molecular complexity index is 1230. The van der Waals surface area contributed by atoms with E-state index < -0.39 is 11.7 Å². The Morgan fingerprint density at radius 3 is 2.44 bits per heavy atom. The Kier molecular flexibility index (Phi) is 7.53. The van der Waals surface area contributed by atoms with E-state index in [1.807, 2.05) is 0 Å². The highest BCUT2D eigenvalue weighted by Crippen LogP contribution is 2.42. The molecule has 36 heavy (non-hydrogen) atoms. The predicted molar refractivity (Wildman–Crippen MR) is 129 cm³/mol. The Morgan fingerprint density at radius 2 is 1.83 bits per heavy atom. The van der Waals surface area contributed by atoms with Gasteiger partial charge in [-0.05, 0) is 17.7 Å². The first-order valence-electron chi connectivity index (χ1n) is 11.2. The average Bonchev–Trinajstić information content (AvgIpc) is 3.28. The second kappa shape index (κ2) is 10.9. The molecule has 3 aromatic rings. The minimum Gasteiger partial charge on any atom is -0.493 e. The molecule has 1 aliphatic rings. The van der Waals surface area contributed by atoms with Crippen molar-refractivity contribution < 1.29 is 32.9 Å². The van der Waals surface area contributed by atoms with Crippen LogP contribution in [0.15, 0.2) is 54.7 Å². The van der Waals surface area contributed by atoms with Crippen molar-refractivity contribution in [1.29, 1.82) is 0 Å². The lowest BCUT2D eigenvalue weighted by Crippen LogP contribution is -2.32. The van der Waals surface area contributed by atoms with Crippen LogP contribution in [-0.2, 0) is 16.1 Å². The largest absolute Gasteiger partial charge is 0.493 e. The summed E-state index contributed by atoms with van der Waals surface area (Å²) < 4.78 is 34.9. The summed E-state index contributed by atoms with van der Waals surface area (Å²) in [6.07, 6.45) is 1.65. The van der Waals surface area contributed by atoms with Gasteiger partial charge in [-0.3, -0.25) is 9.59 Å². The van der Waals surface area contributed by atoms with E-state index in [9.17, 15) is 14.0 Å². The maximum Gasteiger partial charge on any atom is 0.227 e. The van der Waals surface area contributed by atoms with Crippen LogP contribution < -0.4 is 29.2 Å². The van der Waals surface area contributed by atoms with Crippen LogP contribution in [-0.4, -0.2) is 44.7 Å². The number of nitrogens with one attached hydrogen (secondary N) is 1. The van der Waals surface area contributed by atoms with Crippen molar-refractivity contribution >= 4 is 17.5 Å². The number of halogens is 1. The van der Waals surface area contributed by atoms with Gasteiger partial charge in [-0.1, -0.05) is 12.1 Å². The van der Waals surface area contributed by atoms with Gasteiger partial charge in [0.05, 0.1) is 32.9 Å². The van der Waals surface area contributed by atoms with E-state index in [0.717, 1.165) is 5.56 Å². The van der Waals surface area contributed by atoms with Crippen molar-refractivity contribution in [2.24, 2.45) is 5.92 Å². The highest BCUT2D eigenvalue weighted by Gasteiger charge is 2.36. The molecule has 1 atom stereocenters. The molecule has 2 heterocycles. The molecule has 0 radical (unpaired) electrons. The van der Waals surface area contributed by atoms with E-state index >= 15 is 0 Å². The number of carbonyl (C=O) groups excluding carboxylic acids is 2. The summed E-state index contributed by atoms with van der Waals surface area (Å²) in [6.45, 7) is 0.461. The number of hydrogen-bond donors (Lipinski definition) is 1. The maximum absolute atomic E-state index is 13.3. The molecule has 0 bridgehead atoms. The van der Waals surface area contributed by atoms with E-state index in [1.54, 1.807) is 42.6 Å². The molecule has 1 unspecified atom stereocenters. The van der Waals surface area contributed by atoms with Crippen LogP contribution in [0.25, 0.3) is 0 Å². The van der Waals surface area contributed by atoms with Crippen LogP contribution in [0.2, 0.25) is 0 Å². The molecule has 188 valence electrons. The van der Waals surface area contributed by atoms with Crippen LogP contribution in [0.3, 0.4) is 0 Å². The first-order chi connectivity index (χ1) is 17.4. The zero-order chi connectivity index (χ0) is 25.7. The van der Waals surface area contributed by atoms with Gasteiger partial charge < -0.3 is 29.2 Å². The molecule has 2 amide bonds.